The van der Waals surface area contributed by atoms with Crippen molar-refractivity contribution in [2.24, 2.45) is 5.73 Å². The molecule has 0 spiro atoms. The number of thioether (sulfide) groups is 1. The topological polar surface area (TPSA) is 60.4 Å². The third-order valence-corrected chi connectivity index (χ3v) is 3.98. The van der Waals surface area contributed by atoms with Gasteiger partial charge < -0.3 is 10.1 Å². The minimum Gasteiger partial charge on any atom is -0.366 e. The lowest BCUT2D eigenvalue weighted by molar-refractivity contribution is 0.100. The van der Waals surface area contributed by atoms with E-state index in [2.05, 4.69) is 4.98 Å². The molecule has 2 aromatic heterocycles. The third-order valence-electron chi connectivity index (χ3n) is 3.18. The summed E-state index contributed by atoms with van der Waals surface area (Å²) in [6.45, 7) is 0. The first-order valence-corrected chi connectivity index (χ1v) is 7.32. The molecule has 20 heavy (non-hydrogen) atoms. The molecule has 1 amide bonds. The van der Waals surface area contributed by atoms with E-state index in [1.165, 1.54) is 0 Å². The van der Waals surface area contributed by atoms with Gasteiger partial charge in [0.05, 0.1) is 0 Å². The van der Waals surface area contributed by atoms with Crippen LogP contribution in [0.15, 0.2) is 53.8 Å². The molecule has 1 aromatic carbocycles. The number of hydrogen-bond acceptors (Lipinski definition) is 3. The third kappa shape index (κ3) is 2.16. The summed E-state index contributed by atoms with van der Waals surface area (Å²) in [7, 11) is 0. The van der Waals surface area contributed by atoms with Crippen LogP contribution in [0.5, 0.6) is 0 Å². The van der Waals surface area contributed by atoms with Crippen LogP contribution in [0.4, 0.5) is 0 Å². The lowest BCUT2D eigenvalue weighted by Crippen LogP contribution is -2.10. The van der Waals surface area contributed by atoms with Crippen molar-refractivity contribution in [3.05, 3.63) is 54.5 Å². The molecule has 5 heteroatoms. The molecule has 0 bridgehead atoms. The molecule has 4 nitrogen and oxygen atoms in total. The van der Waals surface area contributed by atoms with Gasteiger partial charge in [0.2, 0.25) is 5.91 Å². The molecule has 0 unspecified atom stereocenters. The van der Waals surface area contributed by atoms with Gasteiger partial charge in [-0.3, -0.25) is 4.79 Å². The molecule has 2 N–H and O–H groups in total. The molecule has 0 fully saturated rings. The van der Waals surface area contributed by atoms with E-state index in [0.717, 1.165) is 21.7 Å². The Bertz CT molecular complexity index is 795. The molecule has 0 aliphatic rings. The summed E-state index contributed by atoms with van der Waals surface area (Å²) in [6, 6.07) is 9.48. The highest BCUT2D eigenvalue weighted by Gasteiger charge is 2.09. The summed E-state index contributed by atoms with van der Waals surface area (Å²) in [6.07, 6.45) is 7.67. The Morgan fingerprint density at radius 3 is 2.90 bits per heavy atom. The second kappa shape index (κ2) is 5.02. The van der Waals surface area contributed by atoms with Crippen LogP contribution in [0.1, 0.15) is 10.4 Å². The Kier molecular flexibility index (Phi) is 3.20. The van der Waals surface area contributed by atoms with E-state index >= 15 is 0 Å². The fourth-order valence-corrected chi connectivity index (χ4v) is 2.77. The van der Waals surface area contributed by atoms with Gasteiger partial charge >= 0.3 is 0 Å². The number of aromatic nitrogens is 2. The Hall–Kier alpha value is -2.27. The van der Waals surface area contributed by atoms with Crippen LogP contribution in [0.2, 0.25) is 0 Å². The highest BCUT2D eigenvalue weighted by Crippen LogP contribution is 2.31. The summed E-state index contributed by atoms with van der Waals surface area (Å²) in [5.41, 5.74) is 8.81. The van der Waals surface area contributed by atoms with E-state index in [4.69, 9.17) is 5.73 Å². The summed E-state index contributed by atoms with van der Waals surface area (Å²) >= 11 is 1.64. The van der Waals surface area contributed by atoms with Crippen LogP contribution in [-0.4, -0.2) is 21.5 Å². The number of nitrogens with two attached hydrogens (primary N) is 1. The highest BCUT2D eigenvalue weighted by molar-refractivity contribution is 7.98. The number of nitrogens with zero attached hydrogens (tertiary/aromatic N) is 2. The molecule has 0 atom stereocenters. The number of carbonyl (C=O) groups is 1. The molecule has 2 heterocycles. The monoisotopic (exact) mass is 283 g/mol. The molecule has 0 radical (unpaired) electrons. The normalized spacial score (nSPS) is 10.8. The lowest BCUT2D eigenvalue weighted by Gasteiger charge is -2.09. The van der Waals surface area contributed by atoms with E-state index in [1.54, 1.807) is 24.0 Å². The standard InChI is InChI=1S/C15H13N3OS/c1-20-13-4-2-10(15(16)19)8-12(13)11-3-5-14-17-6-7-18(14)9-11/h2-9H,1H3,(H2,16,19). The van der Waals surface area contributed by atoms with E-state index in [1.807, 2.05) is 47.3 Å². The van der Waals surface area contributed by atoms with Gasteiger partial charge in [-0.05, 0) is 47.7 Å². The van der Waals surface area contributed by atoms with Crippen LogP contribution in [0, 0.1) is 0 Å². The van der Waals surface area contributed by atoms with E-state index in [-0.39, 0.29) is 0 Å². The van der Waals surface area contributed by atoms with Gasteiger partial charge in [-0.25, -0.2) is 4.98 Å². The molecular weight excluding hydrogens is 270 g/mol. The second-order valence-electron chi connectivity index (χ2n) is 4.39. The zero-order valence-corrected chi connectivity index (χ0v) is 11.7. The maximum atomic E-state index is 11.4. The molecule has 0 aliphatic carbocycles. The zero-order valence-electron chi connectivity index (χ0n) is 10.9. The van der Waals surface area contributed by atoms with Crippen molar-refractivity contribution in [3.63, 3.8) is 0 Å². The Morgan fingerprint density at radius 2 is 2.15 bits per heavy atom. The molecular formula is C15H13N3OS. The van der Waals surface area contributed by atoms with Crippen LogP contribution in [0.3, 0.4) is 0 Å². The largest absolute Gasteiger partial charge is 0.366 e. The fraction of sp³-hybridized carbons (Fsp3) is 0.0667. The Labute approximate surface area is 120 Å². The molecule has 100 valence electrons. The minimum absolute atomic E-state index is 0.414. The first-order chi connectivity index (χ1) is 9.69. The fourth-order valence-electron chi connectivity index (χ4n) is 2.17. The number of benzene rings is 1. The first-order valence-electron chi connectivity index (χ1n) is 6.10. The van der Waals surface area contributed by atoms with Gasteiger partial charge in [-0.15, -0.1) is 11.8 Å². The number of imidazole rings is 1. The average Bonchev–Trinajstić information content (AvgIpc) is 2.93. The van der Waals surface area contributed by atoms with Gasteiger partial charge in [-0.2, -0.15) is 0 Å². The van der Waals surface area contributed by atoms with Crippen molar-refractivity contribution in [1.82, 2.24) is 9.38 Å². The number of rotatable bonds is 3. The predicted octanol–water partition coefficient (Wildman–Crippen LogP) is 2.82. The molecule has 3 aromatic rings. The van der Waals surface area contributed by atoms with Crippen molar-refractivity contribution in [3.8, 4) is 11.1 Å². The number of primary amides is 1. The SMILES string of the molecule is CSc1ccc(C(N)=O)cc1-c1ccc2nccn2c1. The second-order valence-corrected chi connectivity index (χ2v) is 5.24. The smallest absolute Gasteiger partial charge is 0.248 e. The number of carbonyl (C=O) groups excluding carboxylic acids is 1. The van der Waals surface area contributed by atoms with Gasteiger partial charge in [0.15, 0.2) is 0 Å². The maximum absolute atomic E-state index is 11.4. The quantitative estimate of drug-likeness (QED) is 0.752. The van der Waals surface area contributed by atoms with E-state index < -0.39 is 5.91 Å². The van der Waals surface area contributed by atoms with E-state index in [9.17, 15) is 4.79 Å². The number of hydrogen-bond donors (Lipinski definition) is 1. The summed E-state index contributed by atoms with van der Waals surface area (Å²) < 4.78 is 1.95. The lowest BCUT2D eigenvalue weighted by atomic mass is 10.0. The first kappa shape index (κ1) is 12.7. The minimum atomic E-state index is -0.414. The maximum Gasteiger partial charge on any atom is 0.248 e. The van der Waals surface area contributed by atoms with Crippen LogP contribution >= 0.6 is 11.8 Å². The van der Waals surface area contributed by atoms with Crippen molar-refractivity contribution in [2.45, 2.75) is 4.90 Å². The van der Waals surface area contributed by atoms with Crippen LogP contribution < -0.4 is 5.73 Å². The number of amides is 1. The van der Waals surface area contributed by atoms with Gasteiger partial charge in [0, 0.05) is 29.0 Å². The van der Waals surface area contributed by atoms with Gasteiger partial charge in [0.25, 0.3) is 0 Å². The van der Waals surface area contributed by atoms with E-state index in [0.29, 0.717) is 5.56 Å². The Morgan fingerprint density at radius 1 is 1.30 bits per heavy atom. The number of pyridine rings is 1. The highest BCUT2D eigenvalue weighted by atomic mass is 32.2. The number of fused-ring (bicyclic) bond motifs is 1. The zero-order chi connectivity index (χ0) is 14.1. The summed E-state index contributed by atoms with van der Waals surface area (Å²) in [5.74, 6) is -0.414. The molecule has 3 rings (SSSR count). The van der Waals surface area contributed by atoms with Gasteiger partial charge in [-0.1, -0.05) is 0 Å². The van der Waals surface area contributed by atoms with Crippen LogP contribution in [-0.2, 0) is 0 Å². The van der Waals surface area contributed by atoms with Gasteiger partial charge in [0.1, 0.15) is 5.65 Å². The molecule has 0 saturated heterocycles. The van der Waals surface area contributed by atoms with Crippen LogP contribution in [0.25, 0.3) is 16.8 Å². The van der Waals surface area contributed by atoms with Crippen molar-refractivity contribution >= 4 is 23.3 Å². The van der Waals surface area contributed by atoms with Crippen molar-refractivity contribution < 1.29 is 4.79 Å². The summed E-state index contributed by atoms with van der Waals surface area (Å²) in [5, 5.41) is 0. The van der Waals surface area contributed by atoms with Crippen molar-refractivity contribution in [2.75, 3.05) is 6.26 Å². The molecule has 0 saturated carbocycles. The van der Waals surface area contributed by atoms with Crippen molar-refractivity contribution in [1.29, 1.82) is 0 Å². The Balaban J connectivity index is 2.20. The average molecular weight is 283 g/mol. The summed E-state index contributed by atoms with van der Waals surface area (Å²) in [4.78, 5) is 16.7. The predicted molar refractivity (Wildman–Crippen MR) is 80.9 cm³/mol. The molecule has 0 aliphatic heterocycles.